The zero-order valence-electron chi connectivity index (χ0n) is 11.2. The molecule has 0 unspecified atom stereocenters. The van der Waals surface area contributed by atoms with Crippen LogP contribution in [-0.4, -0.2) is 29.8 Å². The Balaban J connectivity index is 1.80. The fourth-order valence-electron chi connectivity index (χ4n) is 2.29. The summed E-state index contributed by atoms with van der Waals surface area (Å²) in [5.41, 5.74) is 2.67. The number of aromatic nitrogens is 2. The fourth-order valence-corrected chi connectivity index (χ4v) is 2.29. The Hall–Kier alpha value is -2.34. The second-order valence-electron chi connectivity index (χ2n) is 4.64. The zero-order chi connectivity index (χ0) is 13.9. The number of carbonyl (C=O) groups excluding carboxylic acids is 1. The standard InChI is InChI=1S/C14H16N4O2/c1-20-10-4-2-3-9(7-10)14(19)16-13-11-5-6-15-8-12(11)17-18-13/h2-4,7,15H,5-6,8H2,1H3,(H2,16,17,18,19). The summed E-state index contributed by atoms with van der Waals surface area (Å²) in [4.78, 5) is 12.2. The van der Waals surface area contributed by atoms with E-state index in [1.165, 1.54) is 0 Å². The molecule has 6 nitrogen and oxygen atoms in total. The number of hydrogen-bond acceptors (Lipinski definition) is 4. The minimum atomic E-state index is -0.184. The zero-order valence-corrected chi connectivity index (χ0v) is 11.2. The van der Waals surface area contributed by atoms with Gasteiger partial charge in [-0.2, -0.15) is 5.10 Å². The van der Waals surface area contributed by atoms with Crippen molar-refractivity contribution < 1.29 is 9.53 Å². The Labute approximate surface area is 116 Å². The molecular formula is C14H16N4O2. The van der Waals surface area contributed by atoms with Crippen LogP contribution in [0.15, 0.2) is 24.3 Å². The van der Waals surface area contributed by atoms with Crippen molar-refractivity contribution in [2.75, 3.05) is 19.0 Å². The summed E-state index contributed by atoms with van der Waals surface area (Å²) in [5.74, 6) is 1.09. The molecule has 0 bridgehead atoms. The molecule has 0 atom stereocenters. The Morgan fingerprint density at radius 1 is 1.45 bits per heavy atom. The number of benzene rings is 1. The first-order valence-electron chi connectivity index (χ1n) is 6.50. The molecule has 6 heteroatoms. The maximum atomic E-state index is 12.2. The minimum Gasteiger partial charge on any atom is -0.497 e. The van der Waals surface area contributed by atoms with E-state index in [-0.39, 0.29) is 5.91 Å². The summed E-state index contributed by atoms with van der Waals surface area (Å²) in [7, 11) is 1.58. The van der Waals surface area contributed by atoms with Crippen molar-refractivity contribution in [3.63, 3.8) is 0 Å². The van der Waals surface area contributed by atoms with Crippen LogP contribution in [0.5, 0.6) is 5.75 Å². The molecular weight excluding hydrogens is 256 g/mol. The quantitative estimate of drug-likeness (QED) is 0.787. The highest BCUT2D eigenvalue weighted by Crippen LogP contribution is 2.21. The second-order valence-corrected chi connectivity index (χ2v) is 4.64. The van der Waals surface area contributed by atoms with Crippen LogP contribution in [0.4, 0.5) is 5.82 Å². The maximum absolute atomic E-state index is 12.2. The molecule has 2 aromatic rings. The highest BCUT2D eigenvalue weighted by molar-refractivity contribution is 6.04. The Bertz CT molecular complexity index is 636. The summed E-state index contributed by atoms with van der Waals surface area (Å²) < 4.78 is 5.12. The van der Waals surface area contributed by atoms with E-state index in [1.54, 1.807) is 31.4 Å². The molecule has 0 spiro atoms. The van der Waals surface area contributed by atoms with Gasteiger partial charge >= 0.3 is 0 Å². The molecule has 20 heavy (non-hydrogen) atoms. The van der Waals surface area contributed by atoms with Gasteiger partial charge in [0.15, 0.2) is 5.82 Å². The monoisotopic (exact) mass is 272 g/mol. The Kier molecular flexibility index (Phi) is 3.39. The van der Waals surface area contributed by atoms with Crippen LogP contribution < -0.4 is 15.4 Å². The number of rotatable bonds is 3. The van der Waals surface area contributed by atoms with Crippen LogP contribution in [0.25, 0.3) is 0 Å². The van der Waals surface area contributed by atoms with E-state index in [9.17, 15) is 4.79 Å². The highest BCUT2D eigenvalue weighted by atomic mass is 16.5. The molecule has 1 aromatic heterocycles. The van der Waals surface area contributed by atoms with E-state index in [1.807, 2.05) is 0 Å². The molecule has 0 radical (unpaired) electrons. The molecule has 3 rings (SSSR count). The van der Waals surface area contributed by atoms with Gasteiger partial charge in [-0.1, -0.05) is 6.07 Å². The summed E-state index contributed by atoms with van der Waals surface area (Å²) in [5, 5.41) is 13.2. The minimum absolute atomic E-state index is 0.184. The molecule has 1 aliphatic heterocycles. The summed E-state index contributed by atoms with van der Waals surface area (Å²) in [6, 6.07) is 7.05. The molecule has 0 aliphatic carbocycles. The third kappa shape index (κ3) is 2.37. The molecule has 0 saturated heterocycles. The lowest BCUT2D eigenvalue weighted by molar-refractivity contribution is 0.102. The Morgan fingerprint density at radius 2 is 2.35 bits per heavy atom. The maximum Gasteiger partial charge on any atom is 0.257 e. The normalized spacial score (nSPS) is 13.7. The number of aromatic amines is 1. The van der Waals surface area contributed by atoms with Crippen LogP contribution >= 0.6 is 0 Å². The van der Waals surface area contributed by atoms with Crippen LogP contribution in [0, 0.1) is 0 Å². The number of nitrogens with one attached hydrogen (secondary N) is 3. The van der Waals surface area contributed by atoms with E-state index in [0.29, 0.717) is 17.1 Å². The molecule has 104 valence electrons. The van der Waals surface area contributed by atoms with Crippen molar-refractivity contribution in [3.8, 4) is 5.75 Å². The summed E-state index contributed by atoms with van der Waals surface area (Å²) in [6.07, 6.45) is 0.861. The van der Waals surface area contributed by atoms with Gasteiger partial charge in [0.1, 0.15) is 5.75 Å². The predicted octanol–water partition coefficient (Wildman–Crippen LogP) is 1.32. The van der Waals surface area contributed by atoms with Gasteiger partial charge in [0.2, 0.25) is 0 Å². The van der Waals surface area contributed by atoms with E-state index in [2.05, 4.69) is 20.8 Å². The predicted molar refractivity (Wildman–Crippen MR) is 74.9 cm³/mol. The fraction of sp³-hybridized carbons (Fsp3) is 0.286. The molecule has 1 aromatic carbocycles. The Morgan fingerprint density at radius 3 is 3.20 bits per heavy atom. The number of fused-ring (bicyclic) bond motifs is 1. The van der Waals surface area contributed by atoms with Crippen molar-refractivity contribution in [2.45, 2.75) is 13.0 Å². The lowest BCUT2D eigenvalue weighted by Crippen LogP contribution is -2.24. The average molecular weight is 272 g/mol. The van der Waals surface area contributed by atoms with Gasteiger partial charge in [-0.05, 0) is 31.2 Å². The van der Waals surface area contributed by atoms with E-state index in [4.69, 9.17) is 4.74 Å². The average Bonchev–Trinajstić information content (AvgIpc) is 2.90. The molecule has 1 aliphatic rings. The van der Waals surface area contributed by atoms with Crippen molar-refractivity contribution in [2.24, 2.45) is 0 Å². The number of methoxy groups -OCH3 is 1. The number of anilines is 1. The lowest BCUT2D eigenvalue weighted by atomic mass is 10.1. The third-order valence-electron chi connectivity index (χ3n) is 3.37. The van der Waals surface area contributed by atoms with Gasteiger partial charge < -0.3 is 15.4 Å². The van der Waals surface area contributed by atoms with Gasteiger partial charge in [-0.15, -0.1) is 0 Å². The number of hydrogen-bond donors (Lipinski definition) is 3. The molecule has 1 amide bonds. The number of ether oxygens (including phenoxy) is 1. The number of amides is 1. The van der Waals surface area contributed by atoms with Crippen LogP contribution in [-0.2, 0) is 13.0 Å². The van der Waals surface area contributed by atoms with Crippen LogP contribution in [0.2, 0.25) is 0 Å². The first kappa shape index (κ1) is 12.7. The highest BCUT2D eigenvalue weighted by Gasteiger charge is 2.18. The van der Waals surface area contributed by atoms with Crippen molar-refractivity contribution in [3.05, 3.63) is 41.1 Å². The summed E-state index contributed by atoms with van der Waals surface area (Å²) in [6.45, 7) is 1.66. The van der Waals surface area contributed by atoms with E-state index < -0.39 is 0 Å². The van der Waals surface area contributed by atoms with Crippen molar-refractivity contribution in [1.82, 2.24) is 15.5 Å². The molecule has 3 N–H and O–H groups in total. The van der Waals surface area contributed by atoms with Gasteiger partial charge in [0.05, 0.1) is 12.8 Å². The number of nitrogens with zero attached hydrogens (tertiary/aromatic N) is 1. The molecule has 2 heterocycles. The number of carbonyl (C=O) groups is 1. The van der Waals surface area contributed by atoms with E-state index in [0.717, 1.165) is 30.8 Å². The van der Waals surface area contributed by atoms with Gasteiger partial charge in [0.25, 0.3) is 5.91 Å². The van der Waals surface area contributed by atoms with Crippen molar-refractivity contribution >= 4 is 11.7 Å². The van der Waals surface area contributed by atoms with Crippen molar-refractivity contribution in [1.29, 1.82) is 0 Å². The van der Waals surface area contributed by atoms with Gasteiger partial charge in [-0.3, -0.25) is 9.89 Å². The smallest absolute Gasteiger partial charge is 0.257 e. The first-order chi connectivity index (χ1) is 9.78. The van der Waals surface area contributed by atoms with Crippen LogP contribution in [0.3, 0.4) is 0 Å². The molecule has 0 fully saturated rings. The van der Waals surface area contributed by atoms with Gasteiger partial charge in [0, 0.05) is 17.7 Å². The number of H-pyrrole nitrogens is 1. The van der Waals surface area contributed by atoms with Crippen LogP contribution in [0.1, 0.15) is 21.6 Å². The van der Waals surface area contributed by atoms with Gasteiger partial charge in [-0.25, -0.2) is 0 Å². The topological polar surface area (TPSA) is 79.0 Å². The van der Waals surface area contributed by atoms with E-state index >= 15 is 0 Å². The third-order valence-corrected chi connectivity index (χ3v) is 3.37. The first-order valence-corrected chi connectivity index (χ1v) is 6.50. The lowest BCUT2D eigenvalue weighted by Gasteiger charge is -2.13. The summed E-state index contributed by atoms with van der Waals surface area (Å²) >= 11 is 0. The largest absolute Gasteiger partial charge is 0.497 e. The SMILES string of the molecule is COc1cccc(C(=O)Nc2n[nH]c3c2CCNC3)c1. The second kappa shape index (κ2) is 5.34. The molecule has 0 saturated carbocycles.